The van der Waals surface area contributed by atoms with E-state index in [0.717, 1.165) is 26.0 Å². The summed E-state index contributed by atoms with van der Waals surface area (Å²) in [5.41, 5.74) is 2.71. The Morgan fingerprint density at radius 2 is 2.07 bits per heavy atom. The number of aromatic nitrogens is 2. The van der Waals surface area contributed by atoms with Crippen LogP contribution in [0.15, 0.2) is 58.5 Å². The lowest BCUT2D eigenvalue weighted by atomic mass is 10.1. The summed E-state index contributed by atoms with van der Waals surface area (Å²) in [5, 5.41) is 11.6. The Bertz CT molecular complexity index is 1150. The molecule has 2 aromatic carbocycles. The van der Waals surface area contributed by atoms with Gasteiger partial charge in [-0.1, -0.05) is 30.3 Å². The molecule has 0 bridgehead atoms. The van der Waals surface area contributed by atoms with E-state index >= 15 is 0 Å². The van der Waals surface area contributed by atoms with Crippen molar-refractivity contribution in [1.29, 1.82) is 0 Å². The van der Waals surface area contributed by atoms with Crippen molar-refractivity contribution in [2.75, 3.05) is 7.11 Å². The first-order chi connectivity index (χ1) is 13.1. The van der Waals surface area contributed by atoms with Gasteiger partial charge in [-0.05, 0) is 39.7 Å². The Kier molecular flexibility index (Phi) is 4.72. The van der Waals surface area contributed by atoms with Gasteiger partial charge in [-0.2, -0.15) is 0 Å². The summed E-state index contributed by atoms with van der Waals surface area (Å²) < 4.78 is 7.99. The number of hydrogen-bond donors (Lipinski definition) is 1. The maximum absolute atomic E-state index is 12.2. The van der Waals surface area contributed by atoms with Crippen LogP contribution < -0.4 is 4.74 Å². The third-order valence-corrected chi connectivity index (χ3v) is 5.83. The van der Waals surface area contributed by atoms with Crippen LogP contribution in [0.3, 0.4) is 0 Å². The van der Waals surface area contributed by atoms with Crippen molar-refractivity contribution < 1.29 is 14.6 Å². The second-order valence-electron chi connectivity index (χ2n) is 5.95. The Hall–Kier alpha value is -2.64. The lowest BCUT2D eigenvalue weighted by molar-refractivity contribution is 0.0687. The zero-order valence-electron chi connectivity index (χ0n) is 14.3. The van der Waals surface area contributed by atoms with Gasteiger partial charge in [0.1, 0.15) is 16.5 Å². The molecule has 0 aliphatic rings. The van der Waals surface area contributed by atoms with Crippen LogP contribution in [-0.4, -0.2) is 27.7 Å². The zero-order chi connectivity index (χ0) is 19.0. The highest BCUT2D eigenvalue weighted by molar-refractivity contribution is 9.11. The minimum atomic E-state index is -0.976. The molecule has 4 rings (SSSR count). The Morgan fingerprint density at radius 3 is 2.78 bits per heavy atom. The minimum absolute atomic E-state index is 0.237. The van der Waals surface area contributed by atoms with Crippen LogP contribution in [0.25, 0.3) is 21.5 Å². The fourth-order valence-electron chi connectivity index (χ4n) is 3.23. The molecule has 2 heterocycles. The molecule has 7 heteroatoms. The molecular formula is C20H15BrN2O3S. The first-order valence-corrected chi connectivity index (χ1v) is 9.78. The van der Waals surface area contributed by atoms with Crippen molar-refractivity contribution in [2.45, 2.75) is 6.54 Å². The molecule has 0 unspecified atom stereocenters. The topological polar surface area (TPSA) is 64.3 Å². The number of carboxylic acid groups (broad SMARTS) is 1. The van der Waals surface area contributed by atoms with Crippen molar-refractivity contribution >= 4 is 44.1 Å². The largest absolute Gasteiger partial charge is 0.497 e. The van der Waals surface area contributed by atoms with Crippen LogP contribution in [0.2, 0.25) is 0 Å². The highest BCUT2D eigenvalue weighted by Gasteiger charge is 2.25. The number of halogens is 1. The van der Waals surface area contributed by atoms with Crippen LogP contribution in [-0.2, 0) is 6.54 Å². The Morgan fingerprint density at radius 1 is 1.26 bits per heavy atom. The number of nitrogens with zero attached hydrogens (tertiary/aromatic N) is 2. The molecule has 27 heavy (non-hydrogen) atoms. The van der Waals surface area contributed by atoms with Crippen LogP contribution in [0.5, 0.6) is 5.75 Å². The van der Waals surface area contributed by atoms with E-state index in [1.807, 2.05) is 53.1 Å². The van der Waals surface area contributed by atoms with Crippen molar-refractivity contribution in [2.24, 2.45) is 0 Å². The van der Waals surface area contributed by atoms with Crippen molar-refractivity contribution in [3.63, 3.8) is 0 Å². The van der Waals surface area contributed by atoms with E-state index in [9.17, 15) is 9.90 Å². The van der Waals surface area contributed by atoms with E-state index in [2.05, 4.69) is 20.9 Å². The molecule has 0 atom stereocenters. The van der Waals surface area contributed by atoms with E-state index in [1.165, 1.54) is 11.3 Å². The number of benzene rings is 2. The average Bonchev–Trinajstić information content (AvgIpc) is 3.23. The zero-order valence-corrected chi connectivity index (χ0v) is 16.8. The highest BCUT2D eigenvalue weighted by Crippen LogP contribution is 2.38. The van der Waals surface area contributed by atoms with E-state index < -0.39 is 5.97 Å². The highest BCUT2D eigenvalue weighted by atomic mass is 79.9. The van der Waals surface area contributed by atoms with Gasteiger partial charge in [0, 0.05) is 17.4 Å². The number of para-hydroxylation sites is 1. The fourth-order valence-corrected chi connectivity index (χ4v) is 4.50. The molecule has 0 saturated carbocycles. The normalized spacial score (nSPS) is 11.0. The number of thiazole rings is 1. The van der Waals surface area contributed by atoms with Crippen LogP contribution in [0.1, 0.15) is 16.1 Å². The molecule has 0 aliphatic carbocycles. The number of carbonyl (C=O) groups is 1. The molecule has 1 N–H and O–H groups in total. The summed E-state index contributed by atoms with van der Waals surface area (Å²) in [6.45, 7) is 0.423. The summed E-state index contributed by atoms with van der Waals surface area (Å²) >= 11 is 4.84. The van der Waals surface area contributed by atoms with E-state index in [1.54, 1.807) is 13.3 Å². The van der Waals surface area contributed by atoms with Gasteiger partial charge < -0.3 is 14.4 Å². The number of carboxylic acids is 1. The number of methoxy groups -OCH3 is 1. The van der Waals surface area contributed by atoms with Crippen LogP contribution >= 0.6 is 27.3 Å². The van der Waals surface area contributed by atoms with Crippen LogP contribution in [0.4, 0.5) is 0 Å². The number of rotatable bonds is 5. The minimum Gasteiger partial charge on any atom is -0.497 e. The standard InChI is InChI=1S/C20H15BrN2O3S/c1-26-13-6-4-5-12(9-13)11-23-15-8-3-2-7-14(15)17(18(23)20(24)25)19-22-10-16(21)27-19/h2-10H,11H2,1H3,(H,24,25). The fraction of sp³-hybridized carbons (Fsp3) is 0.100. The summed E-state index contributed by atoms with van der Waals surface area (Å²) in [4.78, 5) is 16.6. The van der Waals surface area contributed by atoms with E-state index in [4.69, 9.17) is 4.74 Å². The molecule has 0 amide bonds. The maximum Gasteiger partial charge on any atom is 0.353 e. The monoisotopic (exact) mass is 442 g/mol. The predicted molar refractivity (Wildman–Crippen MR) is 110 cm³/mol. The molecular weight excluding hydrogens is 428 g/mol. The Labute approximate surface area is 168 Å². The third kappa shape index (κ3) is 3.24. The molecule has 0 radical (unpaired) electrons. The van der Waals surface area contributed by atoms with E-state index in [0.29, 0.717) is 17.1 Å². The van der Waals surface area contributed by atoms with Gasteiger partial charge in [-0.3, -0.25) is 0 Å². The van der Waals surface area contributed by atoms with Gasteiger partial charge in [0.05, 0.1) is 22.7 Å². The number of hydrogen-bond acceptors (Lipinski definition) is 4. The number of ether oxygens (including phenoxy) is 1. The average molecular weight is 443 g/mol. The summed E-state index contributed by atoms with van der Waals surface area (Å²) in [7, 11) is 1.62. The SMILES string of the molecule is COc1cccc(Cn2c(C(=O)O)c(-c3ncc(Br)s3)c3ccccc32)c1. The van der Waals surface area contributed by atoms with Crippen LogP contribution in [0, 0.1) is 0 Å². The van der Waals surface area contributed by atoms with Crippen molar-refractivity contribution in [3.8, 4) is 16.3 Å². The molecule has 4 aromatic rings. The van der Waals surface area contributed by atoms with Crippen molar-refractivity contribution in [1.82, 2.24) is 9.55 Å². The molecule has 0 fully saturated rings. The quantitative estimate of drug-likeness (QED) is 0.456. The van der Waals surface area contributed by atoms with Gasteiger partial charge >= 0.3 is 5.97 Å². The lowest BCUT2D eigenvalue weighted by Gasteiger charge is -2.10. The molecule has 136 valence electrons. The second kappa shape index (κ2) is 7.17. The van der Waals surface area contributed by atoms with Gasteiger partial charge in [0.15, 0.2) is 0 Å². The lowest BCUT2D eigenvalue weighted by Crippen LogP contribution is -2.10. The third-order valence-electron chi connectivity index (χ3n) is 4.34. The molecule has 5 nitrogen and oxygen atoms in total. The van der Waals surface area contributed by atoms with Gasteiger partial charge in [-0.15, -0.1) is 11.3 Å². The number of fused-ring (bicyclic) bond motifs is 1. The second-order valence-corrected chi connectivity index (χ2v) is 8.36. The maximum atomic E-state index is 12.2. The van der Waals surface area contributed by atoms with Gasteiger partial charge in [-0.25, -0.2) is 9.78 Å². The van der Waals surface area contributed by atoms with Crippen molar-refractivity contribution in [3.05, 3.63) is 69.8 Å². The summed E-state index contributed by atoms with van der Waals surface area (Å²) in [6.07, 6.45) is 1.69. The number of aromatic carboxylic acids is 1. The van der Waals surface area contributed by atoms with E-state index in [-0.39, 0.29) is 5.69 Å². The molecule has 0 aliphatic heterocycles. The summed E-state index contributed by atoms with van der Waals surface area (Å²) in [6, 6.07) is 15.4. The molecule has 2 aromatic heterocycles. The Balaban J connectivity index is 1.97. The first-order valence-electron chi connectivity index (χ1n) is 8.17. The molecule has 0 spiro atoms. The predicted octanol–water partition coefficient (Wildman–Crippen LogP) is 5.28. The van der Waals surface area contributed by atoms with Gasteiger partial charge in [0.2, 0.25) is 0 Å². The van der Waals surface area contributed by atoms with Gasteiger partial charge in [0.25, 0.3) is 0 Å². The summed E-state index contributed by atoms with van der Waals surface area (Å²) in [5.74, 6) is -0.236. The smallest absolute Gasteiger partial charge is 0.353 e. The molecule has 0 saturated heterocycles. The first kappa shape index (κ1) is 17.8.